The fraction of sp³-hybridized carbons (Fsp3) is 0.412. The summed E-state index contributed by atoms with van der Waals surface area (Å²) in [5.41, 5.74) is 2.87. The van der Waals surface area contributed by atoms with Crippen molar-refractivity contribution in [2.45, 2.75) is 30.7 Å². The lowest BCUT2D eigenvalue weighted by Gasteiger charge is -2.45. The maximum absolute atomic E-state index is 12.6. The van der Waals surface area contributed by atoms with Crippen LogP contribution in [0.3, 0.4) is 0 Å². The van der Waals surface area contributed by atoms with E-state index < -0.39 is 0 Å². The van der Waals surface area contributed by atoms with Gasteiger partial charge in [-0.05, 0) is 24.5 Å². The summed E-state index contributed by atoms with van der Waals surface area (Å²) in [4.78, 5) is 27.0. The predicted molar refractivity (Wildman–Crippen MR) is 77.7 cm³/mol. The molecule has 2 saturated heterocycles. The summed E-state index contributed by atoms with van der Waals surface area (Å²) in [6.07, 6.45) is 4.11. The summed E-state index contributed by atoms with van der Waals surface area (Å²) in [6.45, 7) is 0.796. The molecule has 1 aromatic carbocycles. The first-order chi connectivity index (χ1) is 10.2. The van der Waals surface area contributed by atoms with Crippen molar-refractivity contribution in [3.05, 3.63) is 41.6 Å². The number of para-hydroxylation sites is 1. The second-order valence-corrected chi connectivity index (χ2v) is 6.56. The lowest BCUT2D eigenvalue weighted by molar-refractivity contribution is -0.133. The quantitative estimate of drug-likeness (QED) is 0.788. The summed E-state index contributed by atoms with van der Waals surface area (Å²) in [5.74, 6) is 0.357. The zero-order valence-corrected chi connectivity index (χ0v) is 11.6. The fourth-order valence-corrected chi connectivity index (χ4v) is 4.93. The van der Waals surface area contributed by atoms with Crippen LogP contribution in [0.1, 0.15) is 24.8 Å². The minimum atomic E-state index is -0.313. The number of carbonyl (C=O) groups is 2. The van der Waals surface area contributed by atoms with Gasteiger partial charge in [0.2, 0.25) is 5.91 Å². The van der Waals surface area contributed by atoms with Crippen molar-refractivity contribution in [3.63, 3.8) is 0 Å². The Kier molecular flexibility index (Phi) is 1.96. The van der Waals surface area contributed by atoms with Crippen LogP contribution in [0.15, 0.2) is 36.0 Å². The Morgan fingerprint density at radius 3 is 3.00 bits per heavy atom. The molecule has 1 spiro atoms. The summed E-state index contributed by atoms with van der Waals surface area (Å²) < 4.78 is 0. The normalized spacial score (nSPS) is 35.8. The third-order valence-electron chi connectivity index (χ3n) is 5.70. The van der Waals surface area contributed by atoms with Crippen molar-refractivity contribution in [1.82, 2.24) is 4.90 Å². The van der Waals surface area contributed by atoms with Crippen LogP contribution in [0.4, 0.5) is 5.69 Å². The molecule has 4 nitrogen and oxygen atoms in total. The first-order valence-electron chi connectivity index (χ1n) is 7.64. The van der Waals surface area contributed by atoms with Gasteiger partial charge in [-0.25, -0.2) is 0 Å². The second kappa shape index (κ2) is 3.56. The van der Waals surface area contributed by atoms with Crippen LogP contribution in [0.25, 0.3) is 0 Å². The summed E-state index contributed by atoms with van der Waals surface area (Å²) in [7, 11) is 0. The molecule has 3 heterocycles. The molecule has 2 fully saturated rings. The van der Waals surface area contributed by atoms with E-state index >= 15 is 0 Å². The SMILES string of the molecule is O=C1C=C2Nc3ccccc3[C@]23CC(=O)N2CCC[C@H]1[C@@H]23. The van der Waals surface area contributed by atoms with Gasteiger partial charge in [-0.15, -0.1) is 0 Å². The van der Waals surface area contributed by atoms with Gasteiger partial charge in [0.25, 0.3) is 0 Å². The largest absolute Gasteiger partial charge is 0.358 e. The van der Waals surface area contributed by atoms with Gasteiger partial charge >= 0.3 is 0 Å². The number of hydrogen-bond acceptors (Lipinski definition) is 3. The number of hydrogen-bond donors (Lipinski definition) is 1. The number of benzene rings is 1. The minimum absolute atomic E-state index is 0.0161. The first-order valence-corrected chi connectivity index (χ1v) is 7.64. The maximum Gasteiger partial charge on any atom is 0.224 e. The molecule has 21 heavy (non-hydrogen) atoms. The third-order valence-corrected chi connectivity index (χ3v) is 5.70. The fourth-order valence-electron chi connectivity index (χ4n) is 4.93. The van der Waals surface area contributed by atoms with Gasteiger partial charge in [0.15, 0.2) is 5.78 Å². The van der Waals surface area contributed by atoms with Gasteiger partial charge in [0.05, 0.1) is 11.5 Å². The molecular formula is C17H16N2O2. The molecule has 1 aromatic rings. The molecule has 106 valence electrons. The topological polar surface area (TPSA) is 49.4 Å². The van der Waals surface area contributed by atoms with E-state index in [1.165, 1.54) is 5.56 Å². The molecule has 3 atom stereocenters. The van der Waals surface area contributed by atoms with Crippen LogP contribution in [0.2, 0.25) is 0 Å². The smallest absolute Gasteiger partial charge is 0.224 e. The maximum atomic E-state index is 12.6. The van der Waals surface area contributed by atoms with Crippen molar-refractivity contribution in [2.75, 3.05) is 11.9 Å². The number of ketones is 1. The molecule has 0 bridgehead atoms. The predicted octanol–water partition coefficient (Wildman–Crippen LogP) is 1.83. The van der Waals surface area contributed by atoms with E-state index in [0.717, 1.165) is 30.8 Å². The lowest BCUT2D eigenvalue weighted by Crippen LogP contribution is -2.55. The van der Waals surface area contributed by atoms with Crippen molar-refractivity contribution < 1.29 is 9.59 Å². The minimum Gasteiger partial charge on any atom is -0.358 e. The number of allylic oxidation sites excluding steroid dienone is 1. The van der Waals surface area contributed by atoms with Crippen molar-refractivity contribution >= 4 is 17.4 Å². The van der Waals surface area contributed by atoms with E-state index in [0.29, 0.717) is 6.42 Å². The Bertz CT molecular complexity index is 723. The van der Waals surface area contributed by atoms with Crippen LogP contribution >= 0.6 is 0 Å². The molecule has 0 unspecified atom stereocenters. The van der Waals surface area contributed by atoms with E-state index in [1.807, 2.05) is 23.1 Å². The highest BCUT2D eigenvalue weighted by atomic mass is 16.2. The van der Waals surface area contributed by atoms with Gasteiger partial charge in [-0.1, -0.05) is 18.2 Å². The van der Waals surface area contributed by atoms with E-state index in [-0.39, 0.29) is 29.1 Å². The molecule has 0 radical (unpaired) electrons. The average Bonchev–Trinajstić information content (AvgIpc) is 2.97. The molecule has 3 aliphatic heterocycles. The van der Waals surface area contributed by atoms with Gasteiger partial charge < -0.3 is 10.2 Å². The molecule has 1 amide bonds. The molecule has 5 rings (SSSR count). The molecule has 1 N–H and O–H groups in total. The Morgan fingerprint density at radius 1 is 1.24 bits per heavy atom. The van der Waals surface area contributed by atoms with Gasteiger partial charge in [0.1, 0.15) is 0 Å². The van der Waals surface area contributed by atoms with E-state index in [2.05, 4.69) is 11.4 Å². The number of nitrogens with one attached hydrogen (secondary N) is 1. The molecular weight excluding hydrogens is 264 g/mol. The number of piperidine rings is 1. The molecule has 0 aromatic heterocycles. The number of nitrogens with zero attached hydrogens (tertiary/aromatic N) is 1. The van der Waals surface area contributed by atoms with Crippen LogP contribution < -0.4 is 5.32 Å². The third kappa shape index (κ3) is 1.18. The first kappa shape index (κ1) is 11.5. The van der Waals surface area contributed by atoms with Gasteiger partial charge in [0, 0.05) is 36.3 Å². The van der Waals surface area contributed by atoms with Crippen LogP contribution in [0, 0.1) is 5.92 Å². The molecule has 4 aliphatic rings. The highest BCUT2D eigenvalue weighted by molar-refractivity contribution is 6.00. The highest BCUT2D eigenvalue weighted by Crippen LogP contribution is 2.58. The van der Waals surface area contributed by atoms with E-state index in [4.69, 9.17) is 0 Å². The van der Waals surface area contributed by atoms with E-state index in [1.54, 1.807) is 6.08 Å². The van der Waals surface area contributed by atoms with Gasteiger partial charge in [-0.3, -0.25) is 9.59 Å². The van der Waals surface area contributed by atoms with Crippen molar-refractivity contribution in [1.29, 1.82) is 0 Å². The van der Waals surface area contributed by atoms with Gasteiger partial charge in [-0.2, -0.15) is 0 Å². The number of anilines is 1. The number of fused-ring (bicyclic) bond motifs is 1. The Morgan fingerprint density at radius 2 is 2.10 bits per heavy atom. The zero-order chi connectivity index (χ0) is 14.2. The Labute approximate surface area is 122 Å². The van der Waals surface area contributed by atoms with Crippen molar-refractivity contribution in [3.8, 4) is 0 Å². The summed E-state index contributed by atoms with van der Waals surface area (Å²) in [5, 5.41) is 3.40. The number of carbonyl (C=O) groups excluding carboxylic acids is 2. The Hall–Kier alpha value is -2.10. The number of rotatable bonds is 0. The molecule has 0 saturated carbocycles. The summed E-state index contributed by atoms with van der Waals surface area (Å²) >= 11 is 0. The van der Waals surface area contributed by atoms with Crippen LogP contribution in [0.5, 0.6) is 0 Å². The highest BCUT2D eigenvalue weighted by Gasteiger charge is 2.64. The molecule has 4 heteroatoms. The lowest BCUT2D eigenvalue weighted by atomic mass is 9.63. The number of amides is 1. The second-order valence-electron chi connectivity index (χ2n) is 6.56. The summed E-state index contributed by atoms with van der Waals surface area (Å²) in [6, 6.07) is 8.19. The van der Waals surface area contributed by atoms with Crippen LogP contribution in [-0.4, -0.2) is 29.2 Å². The molecule has 1 aliphatic carbocycles. The van der Waals surface area contributed by atoms with E-state index in [9.17, 15) is 9.59 Å². The van der Waals surface area contributed by atoms with Crippen molar-refractivity contribution in [2.24, 2.45) is 5.92 Å². The Balaban J connectivity index is 1.82. The average molecular weight is 280 g/mol. The zero-order valence-electron chi connectivity index (χ0n) is 11.6. The standard InChI is InChI=1S/C17H16N2O2/c20-13-8-14-17(11-5-1-2-6-12(11)18-14)9-15(21)19-7-3-4-10(13)16(17)19/h1-2,5-6,8,10,16,18H,3-4,7,9H2/t10-,16-,17-/m1/s1. The monoisotopic (exact) mass is 280 g/mol. The van der Waals surface area contributed by atoms with Crippen LogP contribution in [-0.2, 0) is 15.0 Å².